The van der Waals surface area contributed by atoms with Crippen LogP contribution in [0, 0.1) is 19.7 Å². The van der Waals surface area contributed by atoms with E-state index in [9.17, 15) is 29.0 Å². The summed E-state index contributed by atoms with van der Waals surface area (Å²) in [5.74, 6) is -1.23. The first-order chi connectivity index (χ1) is 18.1. The fourth-order valence-corrected chi connectivity index (χ4v) is 5.14. The van der Waals surface area contributed by atoms with Gasteiger partial charge in [0, 0.05) is 42.3 Å². The van der Waals surface area contributed by atoms with Crippen LogP contribution in [-0.4, -0.2) is 69.7 Å². The van der Waals surface area contributed by atoms with Gasteiger partial charge in [-0.2, -0.15) is 0 Å². The number of nitrogens with one attached hydrogen (secondary N) is 3. The second-order valence-corrected chi connectivity index (χ2v) is 10.1. The minimum Gasteiger partial charge on any atom is -0.393 e. The topological polar surface area (TPSA) is 135 Å². The molecule has 0 saturated carbocycles. The molecule has 0 spiro atoms. The number of aromatic nitrogens is 1. The average molecular weight is 527 g/mol. The van der Waals surface area contributed by atoms with Crippen molar-refractivity contribution in [3.63, 3.8) is 0 Å². The highest BCUT2D eigenvalue weighted by atomic mass is 19.1. The number of carbonyl (C=O) groups is 3. The molecule has 5 N–H and O–H groups in total. The third-order valence-electron chi connectivity index (χ3n) is 7.18. The summed E-state index contributed by atoms with van der Waals surface area (Å²) in [7, 11) is 0. The van der Waals surface area contributed by atoms with Gasteiger partial charge in [-0.15, -0.1) is 0 Å². The molecule has 2 aliphatic heterocycles. The molecule has 38 heavy (non-hydrogen) atoms. The number of piperidine rings is 1. The van der Waals surface area contributed by atoms with Gasteiger partial charge in [-0.05, 0) is 75.8 Å². The monoisotopic (exact) mass is 526 g/mol. The van der Waals surface area contributed by atoms with Gasteiger partial charge in [0.15, 0.2) is 0 Å². The molecule has 2 atom stereocenters. The Morgan fingerprint density at radius 3 is 2.63 bits per heavy atom. The van der Waals surface area contributed by atoms with Crippen molar-refractivity contribution in [3.05, 3.63) is 52.1 Å². The van der Waals surface area contributed by atoms with Crippen molar-refractivity contribution in [2.45, 2.75) is 64.6 Å². The highest BCUT2D eigenvalue weighted by Crippen LogP contribution is 2.34. The number of aliphatic hydroxyl groups is 2. The maximum absolute atomic E-state index is 13.8. The average Bonchev–Trinajstić information content (AvgIpc) is 3.33. The van der Waals surface area contributed by atoms with Crippen molar-refractivity contribution in [1.82, 2.24) is 15.2 Å². The zero-order valence-electron chi connectivity index (χ0n) is 21.8. The Hall–Kier alpha value is -3.50. The number of aryl methyl sites for hydroxylation is 1. The Bertz CT molecular complexity index is 1250. The first kappa shape index (κ1) is 27.5. The van der Waals surface area contributed by atoms with Crippen LogP contribution in [-0.2, 0) is 9.59 Å². The highest BCUT2D eigenvalue weighted by Gasteiger charge is 2.26. The van der Waals surface area contributed by atoms with E-state index in [1.54, 1.807) is 24.8 Å². The zero-order valence-corrected chi connectivity index (χ0v) is 21.8. The maximum Gasteiger partial charge on any atom is 0.256 e. The number of H-pyrrole nitrogens is 1. The van der Waals surface area contributed by atoms with Crippen LogP contribution in [0.3, 0.4) is 0 Å². The lowest BCUT2D eigenvalue weighted by Crippen LogP contribution is -2.38. The Morgan fingerprint density at radius 2 is 1.89 bits per heavy atom. The summed E-state index contributed by atoms with van der Waals surface area (Å²) >= 11 is 0. The van der Waals surface area contributed by atoms with Crippen LogP contribution in [0.4, 0.5) is 10.1 Å². The standard InChI is InChI=1S/C28H35FN4O5/c1-16-24(15-22-21-12-18(29)6-7-23(21)32-27(22)37)31-17(2)26(16)28(38)30-9-8-19(34)13-20(35)14-25(36)33-10-4-3-5-11-33/h6-7,12,15,19-20,31,34-35H,3-5,8-11,13-14H2,1-2H3,(H,30,38)(H,32,37)/b22-15-. The molecule has 9 nitrogen and oxygen atoms in total. The summed E-state index contributed by atoms with van der Waals surface area (Å²) in [5.41, 5.74) is 3.53. The van der Waals surface area contributed by atoms with Crippen LogP contribution < -0.4 is 10.6 Å². The maximum atomic E-state index is 13.8. The molecule has 1 aromatic carbocycles. The molecule has 1 aromatic heterocycles. The van der Waals surface area contributed by atoms with Gasteiger partial charge in [0.2, 0.25) is 5.91 Å². The number of amides is 3. The summed E-state index contributed by atoms with van der Waals surface area (Å²) < 4.78 is 13.8. The lowest BCUT2D eigenvalue weighted by Gasteiger charge is -2.27. The lowest BCUT2D eigenvalue weighted by molar-refractivity contribution is -0.134. The van der Waals surface area contributed by atoms with Crippen molar-refractivity contribution in [2.75, 3.05) is 25.0 Å². The number of hydrogen-bond acceptors (Lipinski definition) is 5. The van der Waals surface area contributed by atoms with E-state index in [2.05, 4.69) is 15.6 Å². The Labute approximate surface area is 221 Å². The van der Waals surface area contributed by atoms with Crippen molar-refractivity contribution >= 4 is 35.1 Å². The van der Waals surface area contributed by atoms with Crippen molar-refractivity contribution in [1.29, 1.82) is 0 Å². The number of nitrogens with zero attached hydrogens (tertiary/aromatic N) is 1. The van der Waals surface area contributed by atoms with Gasteiger partial charge >= 0.3 is 0 Å². The molecule has 3 heterocycles. The molecule has 3 amide bonds. The number of anilines is 1. The van der Waals surface area contributed by atoms with E-state index in [0.29, 0.717) is 39.3 Å². The van der Waals surface area contributed by atoms with Crippen molar-refractivity contribution in [3.8, 4) is 0 Å². The fraction of sp³-hybridized carbons (Fsp3) is 0.464. The number of benzene rings is 1. The van der Waals surface area contributed by atoms with Gasteiger partial charge in [-0.1, -0.05) is 0 Å². The van der Waals surface area contributed by atoms with Crippen LogP contribution in [0.1, 0.15) is 71.4 Å². The summed E-state index contributed by atoms with van der Waals surface area (Å²) in [6.45, 7) is 5.12. The molecule has 2 unspecified atom stereocenters. The number of halogens is 1. The SMILES string of the molecule is Cc1[nH]c(/C=C2\C(=O)Nc3ccc(F)cc32)c(C)c1C(=O)NCCC(O)CC(O)CC(=O)N1CCCCC1. The van der Waals surface area contributed by atoms with Crippen molar-refractivity contribution < 1.29 is 29.0 Å². The minimum atomic E-state index is -0.939. The molecule has 204 valence electrons. The summed E-state index contributed by atoms with van der Waals surface area (Å²) in [6, 6.07) is 4.08. The van der Waals surface area contributed by atoms with E-state index in [4.69, 9.17) is 0 Å². The van der Waals surface area contributed by atoms with E-state index in [-0.39, 0.29) is 43.5 Å². The number of hydrogen-bond donors (Lipinski definition) is 5. The Morgan fingerprint density at radius 1 is 1.16 bits per heavy atom. The number of aliphatic hydroxyl groups excluding tert-OH is 2. The van der Waals surface area contributed by atoms with E-state index < -0.39 is 18.0 Å². The van der Waals surface area contributed by atoms with Gasteiger partial charge in [-0.3, -0.25) is 14.4 Å². The second kappa shape index (κ2) is 11.9. The van der Waals surface area contributed by atoms with Gasteiger partial charge in [0.1, 0.15) is 5.82 Å². The largest absolute Gasteiger partial charge is 0.393 e. The molecular formula is C28H35FN4O5. The van der Waals surface area contributed by atoms with Crippen LogP contribution >= 0.6 is 0 Å². The molecule has 0 radical (unpaired) electrons. The smallest absolute Gasteiger partial charge is 0.256 e. The van der Waals surface area contributed by atoms with Crippen LogP contribution in [0.25, 0.3) is 11.6 Å². The van der Waals surface area contributed by atoms with E-state index in [1.165, 1.54) is 18.2 Å². The first-order valence-electron chi connectivity index (χ1n) is 13.1. The third-order valence-corrected chi connectivity index (χ3v) is 7.18. The molecule has 1 fully saturated rings. The van der Waals surface area contributed by atoms with E-state index in [1.807, 2.05) is 0 Å². The number of likely N-dealkylation sites (tertiary alicyclic amines) is 1. The fourth-order valence-electron chi connectivity index (χ4n) is 5.14. The van der Waals surface area contributed by atoms with Crippen LogP contribution in [0.5, 0.6) is 0 Å². The number of carbonyl (C=O) groups excluding carboxylic acids is 3. The minimum absolute atomic E-state index is 0.0153. The molecule has 0 aliphatic carbocycles. The van der Waals surface area contributed by atoms with Gasteiger partial charge in [0.05, 0.1) is 29.8 Å². The molecule has 0 bridgehead atoms. The summed E-state index contributed by atoms with van der Waals surface area (Å²) in [6.07, 6.45) is 3.14. The van der Waals surface area contributed by atoms with E-state index in [0.717, 1.165) is 32.4 Å². The van der Waals surface area contributed by atoms with Crippen molar-refractivity contribution in [2.24, 2.45) is 0 Å². The van der Waals surface area contributed by atoms with Crippen LogP contribution in [0.2, 0.25) is 0 Å². The molecule has 1 saturated heterocycles. The summed E-state index contributed by atoms with van der Waals surface area (Å²) in [5, 5.41) is 26.0. The van der Waals surface area contributed by atoms with Crippen LogP contribution in [0.15, 0.2) is 18.2 Å². The molecule has 2 aromatic rings. The van der Waals surface area contributed by atoms with Gasteiger partial charge < -0.3 is 30.7 Å². The normalized spacial score (nSPS) is 17.8. The highest BCUT2D eigenvalue weighted by molar-refractivity contribution is 6.34. The van der Waals surface area contributed by atoms with E-state index >= 15 is 0 Å². The predicted molar refractivity (Wildman–Crippen MR) is 142 cm³/mol. The molecule has 2 aliphatic rings. The Kier molecular flexibility index (Phi) is 8.63. The summed E-state index contributed by atoms with van der Waals surface area (Å²) in [4.78, 5) is 42.5. The Balaban J connectivity index is 1.31. The lowest BCUT2D eigenvalue weighted by atomic mass is 10.0. The molecule has 10 heteroatoms. The first-order valence-corrected chi connectivity index (χ1v) is 13.1. The van der Waals surface area contributed by atoms with Gasteiger partial charge in [0.25, 0.3) is 11.8 Å². The molecule has 4 rings (SSSR count). The number of aromatic amines is 1. The number of rotatable bonds is 9. The quantitative estimate of drug-likeness (QED) is 0.320. The molecular weight excluding hydrogens is 491 g/mol. The number of fused-ring (bicyclic) bond motifs is 1. The van der Waals surface area contributed by atoms with Gasteiger partial charge in [-0.25, -0.2) is 4.39 Å². The zero-order chi connectivity index (χ0) is 27.4. The third kappa shape index (κ3) is 6.31. The predicted octanol–water partition coefficient (Wildman–Crippen LogP) is 2.90. The second-order valence-electron chi connectivity index (χ2n) is 10.1.